The Hall–Kier alpha value is -0.770. The molecule has 0 aromatic heterocycles. The van der Waals surface area contributed by atoms with Crippen molar-refractivity contribution in [1.29, 1.82) is 0 Å². The molecule has 1 rings (SSSR count). The van der Waals surface area contributed by atoms with Crippen molar-refractivity contribution in [2.45, 2.75) is 19.4 Å². The Kier molecular flexibility index (Phi) is 3.54. The molecule has 76 valence electrons. The second kappa shape index (κ2) is 4.46. The highest BCUT2D eigenvalue weighted by atomic mass is 16.2. The monoisotopic (exact) mass is 185 g/mol. The molecule has 1 aliphatic rings. The minimum absolute atomic E-state index is 0.121. The molecule has 0 radical (unpaired) electrons. The van der Waals surface area contributed by atoms with Crippen LogP contribution in [0, 0.1) is 0 Å². The first-order valence-corrected chi connectivity index (χ1v) is 4.81. The molecule has 4 heteroatoms. The van der Waals surface area contributed by atoms with Gasteiger partial charge in [-0.3, -0.25) is 0 Å². The van der Waals surface area contributed by atoms with E-state index in [0.717, 1.165) is 26.1 Å². The third-order valence-electron chi connectivity index (χ3n) is 2.43. The number of hydrogen-bond acceptors (Lipinski definition) is 2. The fourth-order valence-corrected chi connectivity index (χ4v) is 1.55. The number of amides is 2. The van der Waals surface area contributed by atoms with E-state index in [4.69, 9.17) is 0 Å². The highest BCUT2D eigenvalue weighted by molar-refractivity contribution is 5.74. The van der Waals surface area contributed by atoms with Gasteiger partial charge < -0.3 is 15.1 Å². The van der Waals surface area contributed by atoms with Gasteiger partial charge in [-0.25, -0.2) is 4.79 Å². The zero-order chi connectivity index (χ0) is 9.84. The number of urea groups is 1. The van der Waals surface area contributed by atoms with Crippen molar-refractivity contribution in [2.24, 2.45) is 0 Å². The molecular formula is C9H19N3O. The number of nitrogens with one attached hydrogen (secondary N) is 1. The predicted molar refractivity (Wildman–Crippen MR) is 52.7 cm³/mol. The molecule has 0 bridgehead atoms. The molecule has 0 spiro atoms. The standard InChI is InChI=1S/C9H19N3O/c1-8-4-5-10-6-7-12(8)9(13)11(2)3/h8,10H,4-7H2,1-3H3. The molecule has 2 amide bonds. The lowest BCUT2D eigenvalue weighted by atomic mass is 10.2. The average Bonchev–Trinajstić information content (AvgIpc) is 2.28. The maximum atomic E-state index is 11.7. The van der Waals surface area contributed by atoms with Crippen molar-refractivity contribution in [3.05, 3.63) is 0 Å². The molecule has 1 N–H and O–H groups in total. The Balaban J connectivity index is 2.58. The van der Waals surface area contributed by atoms with Gasteiger partial charge >= 0.3 is 6.03 Å². The number of rotatable bonds is 0. The fraction of sp³-hybridized carbons (Fsp3) is 0.889. The highest BCUT2D eigenvalue weighted by Gasteiger charge is 2.22. The van der Waals surface area contributed by atoms with Crippen molar-refractivity contribution in [1.82, 2.24) is 15.1 Å². The number of hydrogen-bond donors (Lipinski definition) is 1. The predicted octanol–water partition coefficient (Wildman–Crippen LogP) is 0.352. The van der Waals surface area contributed by atoms with E-state index >= 15 is 0 Å². The summed E-state index contributed by atoms with van der Waals surface area (Å²) in [6.07, 6.45) is 1.04. The van der Waals surface area contributed by atoms with Crippen molar-refractivity contribution in [3.63, 3.8) is 0 Å². The van der Waals surface area contributed by atoms with Crippen LogP contribution in [0.3, 0.4) is 0 Å². The van der Waals surface area contributed by atoms with Crippen molar-refractivity contribution in [2.75, 3.05) is 33.7 Å². The Bertz CT molecular complexity index is 182. The average molecular weight is 185 g/mol. The molecule has 1 atom stereocenters. The van der Waals surface area contributed by atoms with E-state index in [-0.39, 0.29) is 6.03 Å². The zero-order valence-corrected chi connectivity index (χ0v) is 8.71. The summed E-state index contributed by atoms with van der Waals surface area (Å²) < 4.78 is 0. The van der Waals surface area contributed by atoms with Crippen LogP contribution in [0.4, 0.5) is 4.79 Å². The summed E-state index contributed by atoms with van der Waals surface area (Å²) in [5.41, 5.74) is 0. The van der Waals surface area contributed by atoms with Crippen LogP contribution in [0.1, 0.15) is 13.3 Å². The van der Waals surface area contributed by atoms with Gasteiger partial charge in [0, 0.05) is 33.2 Å². The van der Waals surface area contributed by atoms with E-state index in [9.17, 15) is 4.79 Å². The molecule has 1 saturated heterocycles. The summed E-state index contributed by atoms with van der Waals surface area (Å²) in [6.45, 7) is 4.84. The van der Waals surface area contributed by atoms with E-state index in [1.165, 1.54) is 0 Å². The molecule has 1 aliphatic heterocycles. The minimum atomic E-state index is 0.121. The summed E-state index contributed by atoms with van der Waals surface area (Å²) >= 11 is 0. The molecule has 0 aromatic rings. The fourth-order valence-electron chi connectivity index (χ4n) is 1.55. The van der Waals surface area contributed by atoms with Crippen LogP contribution in [-0.2, 0) is 0 Å². The maximum Gasteiger partial charge on any atom is 0.319 e. The van der Waals surface area contributed by atoms with Crippen molar-refractivity contribution in [3.8, 4) is 0 Å². The minimum Gasteiger partial charge on any atom is -0.331 e. The van der Waals surface area contributed by atoms with Gasteiger partial charge in [-0.15, -0.1) is 0 Å². The van der Waals surface area contributed by atoms with Crippen LogP contribution in [0.2, 0.25) is 0 Å². The van der Waals surface area contributed by atoms with E-state index < -0.39 is 0 Å². The summed E-state index contributed by atoms with van der Waals surface area (Å²) in [5.74, 6) is 0. The largest absolute Gasteiger partial charge is 0.331 e. The second-order valence-corrected chi connectivity index (χ2v) is 3.76. The van der Waals surface area contributed by atoms with Gasteiger partial charge in [-0.2, -0.15) is 0 Å². The number of nitrogens with zero attached hydrogens (tertiary/aromatic N) is 2. The van der Waals surface area contributed by atoms with Crippen LogP contribution in [0.25, 0.3) is 0 Å². The quantitative estimate of drug-likeness (QED) is 0.591. The van der Waals surface area contributed by atoms with Gasteiger partial charge in [0.05, 0.1) is 0 Å². The highest BCUT2D eigenvalue weighted by Crippen LogP contribution is 2.07. The molecule has 0 saturated carbocycles. The van der Waals surface area contributed by atoms with Gasteiger partial charge in [0.1, 0.15) is 0 Å². The first kappa shape index (κ1) is 10.3. The summed E-state index contributed by atoms with van der Waals surface area (Å²) in [6, 6.07) is 0.473. The number of carbonyl (C=O) groups is 1. The lowest BCUT2D eigenvalue weighted by Crippen LogP contribution is -2.45. The molecule has 0 aromatic carbocycles. The summed E-state index contributed by atoms with van der Waals surface area (Å²) in [5, 5.41) is 3.29. The normalized spacial score (nSPS) is 23.9. The Morgan fingerprint density at radius 2 is 2.15 bits per heavy atom. The molecule has 0 aliphatic carbocycles. The summed E-state index contributed by atoms with van der Waals surface area (Å²) in [7, 11) is 3.60. The molecule has 13 heavy (non-hydrogen) atoms. The topological polar surface area (TPSA) is 35.6 Å². The molecule has 1 fully saturated rings. The molecule has 1 heterocycles. The van der Waals surface area contributed by atoms with E-state index in [1.807, 2.05) is 4.90 Å². The van der Waals surface area contributed by atoms with Gasteiger partial charge in [0.15, 0.2) is 0 Å². The van der Waals surface area contributed by atoms with E-state index in [2.05, 4.69) is 12.2 Å². The van der Waals surface area contributed by atoms with Gasteiger partial charge in [-0.1, -0.05) is 0 Å². The van der Waals surface area contributed by atoms with Gasteiger partial charge in [0.25, 0.3) is 0 Å². The van der Waals surface area contributed by atoms with E-state index in [0.29, 0.717) is 6.04 Å². The molecular weight excluding hydrogens is 166 g/mol. The Morgan fingerprint density at radius 1 is 1.46 bits per heavy atom. The van der Waals surface area contributed by atoms with Crippen LogP contribution >= 0.6 is 0 Å². The smallest absolute Gasteiger partial charge is 0.319 e. The first-order chi connectivity index (χ1) is 6.13. The Morgan fingerprint density at radius 3 is 2.77 bits per heavy atom. The number of carbonyl (C=O) groups excluding carboxylic acids is 1. The van der Waals surface area contributed by atoms with Crippen LogP contribution in [0.15, 0.2) is 0 Å². The first-order valence-electron chi connectivity index (χ1n) is 4.81. The third kappa shape index (κ3) is 2.59. The summed E-state index contributed by atoms with van der Waals surface area (Å²) in [4.78, 5) is 15.3. The van der Waals surface area contributed by atoms with Gasteiger partial charge in [-0.05, 0) is 19.9 Å². The zero-order valence-electron chi connectivity index (χ0n) is 8.71. The molecule has 4 nitrogen and oxygen atoms in total. The SMILES string of the molecule is CC1CCNCCN1C(=O)N(C)C. The van der Waals surface area contributed by atoms with E-state index in [1.54, 1.807) is 19.0 Å². The maximum absolute atomic E-state index is 11.7. The van der Waals surface area contributed by atoms with Crippen molar-refractivity contribution >= 4 is 6.03 Å². The van der Waals surface area contributed by atoms with Crippen LogP contribution < -0.4 is 5.32 Å². The third-order valence-corrected chi connectivity index (χ3v) is 2.43. The van der Waals surface area contributed by atoms with Crippen LogP contribution in [-0.4, -0.2) is 55.6 Å². The van der Waals surface area contributed by atoms with Crippen LogP contribution in [0.5, 0.6) is 0 Å². The lowest BCUT2D eigenvalue weighted by Gasteiger charge is -2.29. The van der Waals surface area contributed by atoms with Gasteiger partial charge in [0.2, 0.25) is 0 Å². The second-order valence-electron chi connectivity index (χ2n) is 3.76. The Labute approximate surface area is 79.9 Å². The van der Waals surface area contributed by atoms with Crippen molar-refractivity contribution < 1.29 is 4.79 Å². The lowest BCUT2D eigenvalue weighted by molar-refractivity contribution is 0.156. The molecule has 1 unspecified atom stereocenters.